The van der Waals surface area contributed by atoms with Gasteiger partial charge in [0.15, 0.2) is 9.84 Å². The van der Waals surface area contributed by atoms with Gasteiger partial charge in [-0.05, 0) is 25.7 Å². The van der Waals surface area contributed by atoms with Gasteiger partial charge in [0.25, 0.3) is 0 Å². The summed E-state index contributed by atoms with van der Waals surface area (Å²) in [5, 5.41) is 3.02. The van der Waals surface area contributed by atoms with E-state index in [0.29, 0.717) is 19.6 Å². The van der Waals surface area contributed by atoms with E-state index >= 15 is 0 Å². The van der Waals surface area contributed by atoms with Gasteiger partial charge in [-0.2, -0.15) is 0 Å². The lowest BCUT2D eigenvalue weighted by Gasteiger charge is -2.29. The molecule has 3 N–H and O–H groups in total. The van der Waals surface area contributed by atoms with Crippen LogP contribution in [0.25, 0.3) is 0 Å². The topological polar surface area (TPSA) is 92.5 Å². The van der Waals surface area contributed by atoms with Crippen LogP contribution in [0.5, 0.6) is 0 Å². The monoisotopic (exact) mass is 289 g/mol. The molecule has 0 radical (unpaired) electrons. The second kappa shape index (κ2) is 6.19. The van der Waals surface area contributed by atoms with Crippen molar-refractivity contribution in [1.82, 2.24) is 10.2 Å². The van der Waals surface area contributed by atoms with Gasteiger partial charge in [-0.15, -0.1) is 0 Å². The maximum absolute atomic E-state index is 11.9. The SMILES string of the molecule is NC1CCC(NC(=O)CN2CCS(=O)(=O)CC2)CC1. The van der Waals surface area contributed by atoms with Crippen LogP contribution < -0.4 is 11.1 Å². The highest BCUT2D eigenvalue weighted by atomic mass is 32.2. The molecule has 110 valence electrons. The van der Waals surface area contributed by atoms with Gasteiger partial charge in [-0.3, -0.25) is 9.69 Å². The normalized spacial score (nSPS) is 31.8. The number of nitrogens with one attached hydrogen (secondary N) is 1. The molecule has 1 heterocycles. The maximum Gasteiger partial charge on any atom is 0.234 e. The minimum absolute atomic E-state index is 0.000214. The van der Waals surface area contributed by atoms with Gasteiger partial charge >= 0.3 is 0 Å². The first-order chi connectivity index (χ1) is 8.94. The molecule has 0 unspecified atom stereocenters. The molecule has 0 aromatic rings. The van der Waals surface area contributed by atoms with Crippen molar-refractivity contribution in [3.8, 4) is 0 Å². The Morgan fingerprint density at radius 3 is 2.32 bits per heavy atom. The van der Waals surface area contributed by atoms with E-state index in [1.807, 2.05) is 4.90 Å². The van der Waals surface area contributed by atoms with E-state index in [-0.39, 0.29) is 29.5 Å². The molecule has 0 bridgehead atoms. The number of rotatable bonds is 3. The molecular weight excluding hydrogens is 266 g/mol. The van der Waals surface area contributed by atoms with Crippen molar-refractivity contribution in [2.75, 3.05) is 31.1 Å². The summed E-state index contributed by atoms with van der Waals surface area (Å²) in [6, 6.07) is 0.515. The molecule has 6 nitrogen and oxygen atoms in total. The predicted molar refractivity (Wildman–Crippen MR) is 73.5 cm³/mol. The number of hydrogen-bond acceptors (Lipinski definition) is 5. The zero-order chi connectivity index (χ0) is 13.9. The Kier molecular flexibility index (Phi) is 4.81. The van der Waals surface area contributed by atoms with Crippen molar-refractivity contribution >= 4 is 15.7 Å². The third-order valence-electron chi connectivity index (χ3n) is 3.94. The number of nitrogens with zero attached hydrogens (tertiary/aromatic N) is 1. The molecule has 7 heteroatoms. The number of amides is 1. The highest BCUT2D eigenvalue weighted by Gasteiger charge is 2.24. The molecule has 1 saturated heterocycles. The highest BCUT2D eigenvalue weighted by Crippen LogP contribution is 2.16. The predicted octanol–water partition coefficient (Wildman–Crippen LogP) is -0.897. The van der Waals surface area contributed by atoms with Crippen LogP contribution in [0, 0.1) is 0 Å². The van der Waals surface area contributed by atoms with Crippen molar-refractivity contribution in [2.24, 2.45) is 5.73 Å². The Bertz CT molecular complexity index is 402. The second-order valence-corrected chi connectivity index (χ2v) is 7.91. The number of nitrogens with two attached hydrogens (primary N) is 1. The minimum Gasteiger partial charge on any atom is -0.352 e. The van der Waals surface area contributed by atoms with E-state index in [2.05, 4.69) is 5.32 Å². The molecule has 1 amide bonds. The quantitative estimate of drug-likeness (QED) is 0.702. The first kappa shape index (κ1) is 14.7. The summed E-state index contributed by atoms with van der Waals surface area (Å²) in [4.78, 5) is 13.8. The fraction of sp³-hybridized carbons (Fsp3) is 0.917. The van der Waals surface area contributed by atoms with Crippen LogP contribution in [-0.2, 0) is 14.6 Å². The average Bonchev–Trinajstić information content (AvgIpc) is 2.35. The van der Waals surface area contributed by atoms with Crippen LogP contribution in [0.15, 0.2) is 0 Å². The molecule has 0 aromatic heterocycles. The number of hydrogen-bond donors (Lipinski definition) is 2. The van der Waals surface area contributed by atoms with Crippen LogP contribution in [0.1, 0.15) is 25.7 Å². The van der Waals surface area contributed by atoms with Gasteiger partial charge in [0, 0.05) is 25.2 Å². The summed E-state index contributed by atoms with van der Waals surface area (Å²) < 4.78 is 22.6. The van der Waals surface area contributed by atoms with E-state index < -0.39 is 9.84 Å². The Labute approximate surface area is 114 Å². The zero-order valence-electron chi connectivity index (χ0n) is 11.2. The summed E-state index contributed by atoms with van der Waals surface area (Å²) in [5.41, 5.74) is 5.82. The van der Waals surface area contributed by atoms with Crippen molar-refractivity contribution in [1.29, 1.82) is 0 Å². The molecule has 0 atom stereocenters. The standard InChI is InChI=1S/C12H23N3O3S/c13-10-1-3-11(4-2-10)14-12(16)9-15-5-7-19(17,18)8-6-15/h10-11H,1-9,13H2,(H,14,16). The summed E-state index contributed by atoms with van der Waals surface area (Å²) in [6.07, 6.45) is 3.82. The lowest BCUT2D eigenvalue weighted by Crippen LogP contribution is -2.48. The van der Waals surface area contributed by atoms with Crippen LogP contribution in [0.4, 0.5) is 0 Å². The van der Waals surface area contributed by atoms with Gasteiger partial charge in [0.05, 0.1) is 18.1 Å². The first-order valence-electron chi connectivity index (χ1n) is 6.92. The Morgan fingerprint density at radius 1 is 1.16 bits per heavy atom. The fourth-order valence-electron chi connectivity index (χ4n) is 2.65. The van der Waals surface area contributed by atoms with Crippen LogP contribution in [0.3, 0.4) is 0 Å². The van der Waals surface area contributed by atoms with E-state index in [0.717, 1.165) is 25.7 Å². The Hall–Kier alpha value is -0.660. The first-order valence-corrected chi connectivity index (χ1v) is 8.74. The van der Waals surface area contributed by atoms with Crippen LogP contribution >= 0.6 is 0 Å². The van der Waals surface area contributed by atoms with Gasteiger partial charge in [0.1, 0.15) is 0 Å². The fourth-order valence-corrected chi connectivity index (χ4v) is 3.93. The molecule has 19 heavy (non-hydrogen) atoms. The summed E-state index contributed by atoms with van der Waals surface area (Å²) in [5.74, 6) is 0.330. The van der Waals surface area contributed by atoms with Gasteiger partial charge in [-0.1, -0.05) is 0 Å². The van der Waals surface area contributed by atoms with Gasteiger partial charge in [-0.25, -0.2) is 8.42 Å². The largest absolute Gasteiger partial charge is 0.352 e. The van der Waals surface area contributed by atoms with Crippen LogP contribution in [-0.4, -0.2) is 62.4 Å². The Morgan fingerprint density at radius 2 is 1.74 bits per heavy atom. The van der Waals surface area contributed by atoms with E-state index in [1.165, 1.54) is 0 Å². The van der Waals surface area contributed by atoms with Crippen molar-refractivity contribution in [3.05, 3.63) is 0 Å². The summed E-state index contributed by atoms with van der Waals surface area (Å²) in [7, 11) is -2.87. The third-order valence-corrected chi connectivity index (χ3v) is 5.55. The molecule has 1 aliphatic carbocycles. The van der Waals surface area contributed by atoms with Crippen molar-refractivity contribution < 1.29 is 13.2 Å². The average molecular weight is 289 g/mol. The molecule has 0 aromatic carbocycles. The second-order valence-electron chi connectivity index (χ2n) is 5.61. The smallest absolute Gasteiger partial charge is 0.234 e. The molecule has 2 rings (SSSR count). The van der Waals surface area contributed by atoms with Crippen molar-refractivity contribution in [2.45, 2.75) is 37.8 Å². The molecule has 2 aliphatic rings. The lowest BCUT2D eigenvalue weighted by atomic mass is 9.92. The maximum atomic E-state index is 11.9. The third kappa shape index (κ3) is 4.74. The van der Waals surface area contributed by atoms with E-state index in [4.69, 9.17) is 5.73 Å². The highest BCUT2D eigenvalue weighted by molar-refractivity contribution is 7.91. The van der Waals surface area contributed by atoms with Crippen molar-refractivity contribution in [3.63, 3.8) is 0 Å². The number of carbonyl (C=O) groups is 1. The molecule has 1 saturated carbocycles. The summed E-state index contributed by atoms with van der Waals surface area (Å²) in [6.45, 7) is 1.23. The minimum atomic E-state index is -2.87. The lowest BCUT2D eigenvalue weighted by molar-refractivity contribution is -0.123. The molecule has 1 aliphatic heterocycles. The van der Waals surface area contributed by atoms with E-state index in [1.54, 1.807) is 0 Å². The molecule has 2 fully saturated rings. The molecular formula is C12H23N3O3S. The van der Waals surface area contributed by atoms with Gasteiger partial charge < -0.3 is 11.1 Å². The van der Waals surface area contributed by atoms with Crippen LogP contribution in [0.2, 0.25) is 0 Å². The number of sulfone groups is 1. The Balaban J connectivity index is 1.70. The van der Waals surface area contributed by atoms with E-state index in [9.17, 15) is 13.2 Å². The zero-order valence-corrected chi connectivity index (χ0v) is 12.0. The summed E-state index contributed by atoms with van der Waals surface area (Å²) >= 11 is 0. The van der Waals surface area contributed by atoms with Gasteiger partial charge in [0.2, 0.25) is 5.91 Å². The number of carbonyl (C=O) groups excluding carboxylic acids is 1. The molecule has 0 spiro atoms.